The van der Waals surface area contributed by atoms with Gasteiger partial charge in [0.05, 0.1) is 20.3 Å². The number of aliphatic hydroxyl groups excluding tert-OH is 1. The van der Waals surface area contributed by atoms with Gasteiger partial charge in [-0.25, -0.2) is 0 Å². The maximum atomic E-state index is 9.63. The summed E-state index contributed by atoms with van der Waals surface area (Å²) in [5, 5.41) is 9.63. The smallest absolute Gasteiger partial charge is 0.161 e. The molecule has 0 radical (unpaired) electrons. The number of unbranched alkanes of at least 4 members (excludes halogenated alkanes) is 5. The van der Waals surface area contributed by atoms with Gasteiger partial charge < -0.3 is 20.3 Å². The number of methoxy groups -OCH3 is 1. The first-order chi connectivity index (χ1) is 13.8. The van der Waals surface area contributed by atoms with Crippen LogP contribution in [-0.4, -0.2) is 31.0 Å². The summed E-state index contributed by atoms with van der Waals surface area (Å²) in [6.07, 6.45) is 10.5. The third kappa shape index (κ3) is 9.86. The Morgan fingerprint density at radius 1 is 0.966 bits per heavy atom. The monoisotopic (exact) mass is 407 g/mol. The van der Waals surface area contributed by atoms with Crippen LogP contribution in [0.25, 0.3) is 0 Å². The molecule has 0 aliphatic rings. The van der Waals surface area contributed by atoms with Gasteiger partial charge in [0.15, 0.2) is 11.5 Å². The Morgan fingerprint density at radius 2 is 1.62 bits per heavy atom. The lowest BCUT2D eigenvalue weighted by Gasteiger charge is -2.31. The van der Waals surface area contributed by atoms with E-state index in [0.717, 1.165) is 48.8 Å². The Hall–Kier alpha value is -1.26. The fourth-order valence-corrected chi connectivity index (χ4v) is 3.46. The van der Waals surface area contributed by atoms with E-state index in [2.05, 4.69) is 33.8 Å². The van der Waals surface area contributed by atoms with Gasteiger partial charge in [-0.3, -0.25) is 0 Å². The van der Waals surface area contributed by atoms with Crippen LogP contribution in [0.15, 0.2) is 18.2 Å². The molecule has 168 valence electrons. The lowest BCUT2D eigenvalue weighted by Crippen LogP contribution is -2.48. The predicted octanol–water partition coefficient (Wildman–Crippen LogP) is 5.74. The van der Waals surface area contributed by atoms with Gasteiger partial charge in [-0.2, -0.15) is 0 Å². The molecule has 0 saturated heterocycles. The molecule has 0 aromatic heterocycles. The molecule has 3 N–H and O–H groups in total. The average molecular weight is 408 g/mol. The van der Waals surface area contributed by atoms with E-state index in [1.807, 2.05) is 12.1 Å². The lowest BCUT2D eigenvalue weighted by molar-refractivity contribution is 0.146. The van der Waals surface area contributed by atoms with E-state index in [1.54, 1.807) is 7.11 Å². The quantitative estimate of drug-likeness (QED) is 0.343. The van der Waals surface area contributed by atoms with Crippen molar-refractivity contribution in [2.45, 2.75) is 91.0 Å². The van der Waals surface area contributed by atoms with Crippen LogP contribution in [0, 0.1) is 11.8 Å². The molecule has 0 fully saturated rings. The highest BCUT2D eigenvalue weighted by molar-refractivity contribution is 5.43. The molecule has 1 aromatic carbocycles. The highest BCUT2D eigenvalue weighted by Gasteiger charge is 2.27. The van der Waals surface area contributed by atoms with Crippen molar-refractivity contribution in [2.24, 2.45) is 17.6 Å². The molecule has 0 spiro atoms. The third-order valence-electron chi connectivity index (χ3n) is 5.98. The van der Waals surface area contributed by atoms with Crippen LogP contribution in [0.5, 0.6) is 11.5 Å². The highest BCUT2D eigenvalue weighted by Crippen LogP contribution is 2.30. The van der Waals surface area contributed by atoms with Gasteiger partial charge in [-0.15, -0.1) is 0 Å². The van der Waals surface area contributed by atoms with Gasteiger partial charge in [0.2, 0.25) is 0 Å². The van der Waals surface area contributed by atoms with Crippen molar-refractivity contribution < 1.29 is 14.6 Å². The normalized spacial score (nSPS) is 13.7. The number of hydrogen-bond donors (Lipinski definition) is 2. The van der Waals surface area contributed by atoms with E-state index >= 15 is 0 Å². The molecule has 0 bridgehead atoms. The standard InChI is InChI=1S/C25H45NO3/c1-20(2)12-10-8-6-7-9-11-17-29-23-14-13-22(18-24(23)28-5)15-16-25(26,19-27)21(3)4/h13-14,18,20-21,27H,6-12,15-17,19,26H2,1-5H3/t25-/m1/s1. The van der Waals surface area contributed by atoms with Crippen molar-refractivity contribution in [1.29, 1.82) is 0 Å². The molecule has 1 atom stereocenters. The van der Waals surface area contributed by atoms with Gasteiger partial charge in [-0.1, -0.05) is 72.3 Å². The second kappa shape index (κ2) is 13.9. The minimum absolute atomic E-state index is 0.000717. The summed E-state index contributed by atoms with van der Waals surface area (Å²) in [5.41, 5.74) is 6.94. The molecule has 1 aromatic rings. The van der Waals surface area contributed by atoms with Gasteiger partial charge in [-0.05, 0) is 48.8 Å². The van der Waals surface area contributed by atoms with Gasteiger partial charge in [0.1, 0.15) is 0 Å². The highest BCUT2D eigenvalue weighted by atomic mass is 16.5. The lowest BCUT2D eigenvalue weighted by atomic mass is 9.83. The molecule has 0 aliphatic heterocycles. The Bertz CT molecular complexity index is 559. The number of aryl methyl sites for hydroxylation is 1. The summed E-state index contributed by atoms with van der Waals surface area (Å²) in [7, 11) is 1.68. The fraction of sp³-hybridized carbons (Fsp3) is 0.760. The molecule has 29 heavy (non-hydrogen) atoms. The number of aliphatic hydroxyl groups is 1. The van der Waals surface area contributed by atoms with Crippen molar-refractivity contribution >= 4 is 0 Å². The van der Waals surface area contributed by atoms with E-state index in [-0.39, 0.29) is 12.5 Å². The van der Waals surface area contributed by atoms with Crippen LogP contribution in [0.2, 0.25) is 0 Å². The van der Waals surface area contributed by atoms with Crippen molar-refractivity contribution in [2.75, 3.05) is 20.3 Å². The number of rotatable bonds is 16. The average Bonchev–Trinajstić information content (AvgIpc) is 2.70. The molecular weight excluding hydrogens is 362 g/mol. The van der Waals surface area contributed by atoms with E-state index < -0.39 is 5.54 Å². The first-order valence-electron chi connectivity index (χ1n) is 11.5. The van der Waals surface area contributed by atoms with E-state index in [1.165, 1.54) is 38.5 Å². The van der Waals surface area contributed by atoms with Crippen LogP contribution in [0.4, 0.5) is 0 Å². The molecular formula is C25H45NO3. The second-order valence-corrected chi connectivity index (χ2v) is 9.18. The van der Waals surface area contributed by atoms with Crippen molar-refractivity contribution in [1.82, 2.24) is 0 Å². The summed E-state index contributed by atoms with van der Waals surface area (Å²) in [5.74, 6) is 2.63. The van der Waals surface area contributed by atoms with Crippen LogP contribution < -0.4 is 15.2 Å². The molecule has 0 aliphatic carbocycles. The van der Waals surface area contributed by atoms with E-state index in [0.29, 0.717) is 0 Å². The van der Waals surface area contributed by atoms with Crippen molar-refractivity contribution in [3.05, 3.63) is 23.8 Å². The molecule has 0 amide bonds. The fourth-order valence-electron chi connectivity index (χ4n) is 3.46. The zero-order chi connectivity index (χ0) is 21.7. The summed E-state index contributed by atoms with van der Waals surface area (Å²) in [4.78, 5) is 0. The second-order valence-electron chi connectivity index (χ2n) is 9.18. The topological polar surface area (TPSA) is 64.7 Å². The number of nitrogens with two attached hydrogens (primary N) is 1. The molecule has 0 saturated carbocycles. The van der Waals surface area contributed by atoms with Gasteiger partial charge >= 0.3 is 0 Å². The van der Waals surface area contributed by atoms with Crippen molar-refractivity contribution in [3.63, 3.8) is 0 Å². The van der Waals surface area contributed by atoms with E-state index in [4.69, 9.17) is 15.2 Å². The number of ether oxygens (including phenoxy) is 2. The third-order valence-corrected chi connectivity index (χ3v) is 5.98. The molecule has 4 heteroatoms. The maximum Gasteiger partial charge on any atom is 0.161 e. The maximum absolute atomic E-state index is 9.63. The summed E-state index contributed by atoms with van der Waals surface area (Å²) in [6, 6.07) is 6.10. The Morgan fingerprint density at radius 3 is 2.21 bits per heavy atom. The molecule has 0 unspecified atom stereocenters. The Balaban J connectivity index is 2.36. The summed E-state index contributed by atoms with van der Waals surface area (Å²) in [6.45, 7) is 9.43. The molecule has 0 heterocycles. The first-order valence-corrected chi connectivity index (χ1v) is 11.5. The van der Waals surface area contributed by atoms with Crippen LogP contribution in [0.1, 0.15) is 84.6 Å². The minimum atomic E-state index is -0.544. The minimum Gasteiger partial charge on any atom is -0.493 e. The largest absolute Gasteiger partial charge is 0.493 e. The predicted molar refractivity (Wildman–Crippen MR) is 123 cm³/mol. The zero-order valence-corrected chi connectivity index (χ0v) is 19.5. The number of benzene rings is 1. The van der Waals surface area contributed by atoms with Crippen LogP contribution in [-0.2, 0) is 6.42 Å². The van der Waals surface area contributed by atoms with Crippen molar-refractivity contribution in [3.8, 4) is 11.5 Å². The summed E-state index contributed by atoms with van der Waals surface area (Å²) < 4.78 is 11.5. The number of hydrogen-bond acceptors (Lipinski definition) is 4. The zero-order valence-electron chi connectivity index (χ0n) is 19.5. The Labute approximate surface area is 179 Å². The van der Waals surface area contributed by atoms with Gasteiger partial charge in [0, 0.05) is 5.54 Å². The Kier molecular flexibility index (Phi) is 12.3. The SMILES string of the molecule is COc1cc(CC[C@@](N)(CO)C(C)C)ccc1OCCCCCCCCC(C)C. The van der Waals surface area contributed by atoms with Crippen LogP contribution >= 0.6 is 0 Å². The van der Waals surface area contributed by atoms with Crippen LogP contribution in [0.3, 0.4) is 0 Å². The van der Waals surface area contributed by atoms with E-state index in [9.17, 15) is 5.11 Å². The molecule has 4 nitrogen and oxygen atoms in total. The summed E-state index contributed by atoms with van der Waals surface area (Å²) >= 11 is 0. The van der Waals surface area contributed by atoms with Gasteiger partial charge in [0.25, 0.3) is 0 Å². The molecule has 1 rings (SSSR count). The first kappa shape index (κ1) is 25.8.